The number of nitrogens with zero attached hydrogens (tertiary/aromatic N) is 1. The molecule has 1 saturated carbocycles. The third kappa shape index (κ3) is 2.42. The van der Waals surface area contributed by atoms with Crippen molar-refractivity contribution in [3.8, 4) is 0 Å². The van der Waals surface area contributed by atoms with E-state index < -0.39 is 0 Å². The summed E-state index contributed by atoms with van der Waals surface area (Å²) in [6.07, 6.45) is 4.67. The molecule has 1 aliphatic rings. The Hall–Kier alpha value is -1.55. The van der Waals surface area contributed by atoms with Gasteiger partial charge in [-0.05, 0) is 25.0 Å². The van der Waals surface area contributed by atoms with Crippen LogP contribution in [0.5, 0.6) is 0 Å². The van der Waals surface area contributed by atoms with Gasteiger partial charge in [0.15, 0.2) is 0 Å². The lowest BCUT2D eigenvalue weighted by molar-refractivity contribution is 0.0736. The van der Waals surface area contributed by atoms with E-state index in [1.165, 1.54) is 12.8 Å². The van der Waals surface area contributed by atoms with Gasteiger partial charge in [0.2, 0.25) is 0 Å². The van der Waals surface area contributed by atoms with Gasteiger partial charge in [-0.25, -0.2) is 0 Å². The highest BCUT2D eigenvalue weighted by molar-refractivity contribution is 5.99. The third-order valence-corrected chi connectivity index (χ3v) is 3.51. The molecule has 0 aromatic heterocycles. The largest absolute Gasteiger partial charge is 0.339 e. The summed E-state index contributed by atoms with van der Waals surface area (Å²) in [5, 5.41) is 0. The molecule has 0 aliphatic heterocycles. The monoisotopic (exact) mass is 233 g/mol. The van der Waals surface area contributed by atoms with Crippen LogP contribution in [0.4, 0.5) is 5.69 Å². The number of amides is 1. The zero-order valence-corrected chi connectivity index (χ0v) is 10.1. The topological polar surface area (TPSA) is 58.4 Å². The van der Waals surface area contributed by atoms with E-state index in [0.29, 0.717) is 17.3 Å². The normalized spacial score (nSPS) is 15.9. The van der Waals surface area contributed by atoms with Crippen molar-refractivity contribution in [2.45, 2.75) is 31.7 Å². The van der Waals surface area contributed by atoms with E-state index in [1.54, 1.807) is 0 Å². The van der Waals surface area contributed by atoms with E-state index in [-0.39, 0.29) is 5.91 Å². The number of benzene rings is 1. The first-order valence-corrected chi connectivity index (χ1v) is 6.07. The Balaban J connectivity index is 2.18. The summed E-state index contributed by atoms with van der Waals surface area (Å²) in [7, 11) is 1.88. The maximum absolute atomic E-state index is 12.3. The van der Waals surface area contributed by atoms with Crippen molar-refractivity contribution in [2.75, 3.05) is 12.5 Å². The molecular weight excluding hydrogens is 214 g/mol. The third-order valence-electron chi connectivity index (χ3n) is 3.51. The van der Waals surface area contributed by atoms with E-state index in [2.05, 4.69) is 5.43 Å². The van der Waals surface area contributed by atoms with Gasteiger partial charge < -0.3 is 10.3 Å². The molecule has 0 bridgehead atoms. The molecule has 4 heteroatoms. The van der Waals surface area contributed by atoms with Gasteiger partial charge in [0.1, 0.15) is 0 Å². The Kier molecular flexibility index (Phi) is 3.64. The Morgan fingerprint density at radius 1 is 1.35 bits per heavy atom. The zero-order valence-electron chi connectivity index (χ0n) is 10.1. The number of rotatable bonds is 3. The number of hydrogen-bond donors (Lipinski definition) is 2. The number of para-hydroxylation sites is 1. The molecule has 1 aromatic rings. The number of nitrogens with two attached hydrogens (primary N) is 1. The SMILES string of the molecule is CN(C(=O)c1ccccc1NN)C1CCCC1. The maximum atomic E-state index is 12.3. The second kappa shape index (κ2) is 5.19. The van der Waals surface area contributed by atoms with Crippen LogP contribution in [0.3, 0.4) is 0 Å². The van der Waals surface area contributed by atoms with E-state index >= 15 is 0 Å². The minimum atomic E-state index is 0.0467. The summed E-state index contributed by atoms with van der Waals surface area (Å²) < 4.78 is 0. The highest BCUT2D eigenvalue weighted by Gasteiger charge is 2.25. The number of hydrogen-bond acceptors (Lipinski definition) is 3. The lowest BCUT2D eigenvalue weighted by atomic mass is 10.1. The smallest absolute Gasteiger partial charge is 0.255 e. The van der Waals surface area contributed by atoms with Crippen LogP contribution in [0, 0.1) is 0 Å². The fraction of sp³-hybridized carbons (Fsp3) is 0.462. The average molecular weight is 233 g/mol. The van der Waals surface area contributed by atoms with Crippen molar-refractivity contribution < 1.29 is 4.79 Å². The number of nitrogens with one attached hydrogen (secondary N) is 1. The minimum Gasteiger partial charge on any atom is -0.339 e. The first-order valence-electron chi connectivity index (χ1n) is 6.07. The number of carbonyl (C=O) groups is 1. The Morgan fingerprint density at radius 2 is 2.00 bits per heavy atom. The molecule has 4 nitrogen and oxygen atoms in total. The number of nitrogen functional groups attached to an aromatic ring is 1. The van der Waals surface area contributed by atoms with Crippen molar-refractivity contribution in [1.82, 2.24) is 4.90 Å². The van der Waals surface area contributed by atoms with Crippen LogP contribution in [-0.2, 0) is 0 Å². The predicted octanol–water partition coefficient (Wildman–Crippen LogP) is 1.99. The fourth-order valence-corrected chi connectivity index (χ4v) is 2.44. The lowest BCUT2D eigenvalue weighted by Crippen LogP contribution is -2.35. The molecule has 3 N–H and O–H groups in total. The highest BCUT2D eigenvalue weighted by Crippen LogP contribution is 2.25. The molecule has 0 unspecified atom stereocenters. The molecule has 1 fully saturated rings. The standard InChI is InChI=1S/C13H19N3O/c1-16(10-6-2-3-7-10)13(17)11-8-4-5-9-12(11)15-14/h4-5,8-10,15H,2-3,6-7,14H2,1H3. The average Bonchev–Trinajstić information content (AvgIpc) is 2.90. The number of hydrazine groups is 1. The van der Waals surface area contributed by atoms with Crippen LogP contribution >= 0.6 is 0 Å². The molecule has 17 heavy (non-hydrogen) atoms. The summed E-state index contributed by atoms with van der Waals surface area (Å²) in [4.78, 5) is 14.2. The van der Waals surface area contributed by atoms with Crippen LogP contribution in [-0.4, -0.2) is 23.9 Å². The van der Waals surface area contributed by atoms with E-state index in [9.17, 15) is 4.79 Å². The van der Waals surface area contributed by atoms with Crippen molar-refractivity contribution >= 4 is 11.6 Å². The fourth-order valence-electron chi connectivity index (χ4n) is 2.44. The van der Waals surface area contributed by atoms with Gasteiger partial charge in [-0.3, -0.25) is 10.6 Å². The van der Waals surface area contributed by atoms with Crippen molar-refractivity contribution in [1.29, 1.82) is 0 Å². The molecule has 2 rings (SSSR count). The zero-order chi connectivity index (χ0) is 12.3. The number of carbonyl (C=O) groups excluding carboxylic acids is 1. The quantitative estimate of drug-likeness (QED) is 0.620. The molecule has 0 radical (unpaired) electrons. The van der Waals surface area contributed by atoms with E-state index in [0.717, 1.165) is 12.8 Å². The van der Waals surface area contributed by atoms with Crippen LogP contribution in [0.1, 0.15) is 36.0 Å². The van der Waals surface area contributed by atoms with Crippen LogP contribution in [0.2, 0.25) is 0 Å². The summed E-state index contributed by atoms with van der Waals surface area (Å²) in [6.45, 7) is 0. The summed E-state index contributed by atoms with van der Waals surface area (Å²) in [5.41, 5.74) is 3.90. The van der Waals surface area contributed by atoms with Crippen molar-refractivity contribution in [3.63, 3.8) is 0 Å². The second-order valence-electron chi connectivity index (χ2n) is 4.54. The van der Waals surface area contributed by atoms with Gasteiger partial charge in [0.05, 0.1) is 11.3 Å². The van der Waals surface area contributed by atoms with Crippen molar-refractivity contribution in [2.24, 2.45) is 5.84 Å². The summed E-state index contributed by atoms with van der Waals surface area (Å²) in [5.74, 6) is 5.47. The summed E-state index contributed by atoms with van der Waals surface area (Å²) >= 11 is 0. The van der Waals surface area contributed by atoms with Gasteiger partial charge in [-0.15, -0.1) is 0 Å². The Morgan fingerprint density at radius 3 is 2.65 bits per heavy atom. The molecule has 0 heterocycles. The van der Waals surface area contributed by atoms with Crippen molar-refractivity contribution in [3.05, 3.63) is 29.8 Å². The molecule has 0 saturated heterocycles. The molecular formula is C13H19N3O. The van der Waals surface area contributed by atoms with Crippen LogP contribution < -0.4 is 11.3 Å². The van der Waals surface area contributed by atoms with Gasteiger partial charge in [0.25, 0.3) is 5.91 Å². The lowest BCUT2D eigenvalue weighted by Gasteiger charge is -2.25. The molecule has 0 spiro atoms. The first kappa shape index (κ1) is 11.9. The molecule has 1 aliphatic carbocycles. The highest BCUT2D eigenvalue weighted by atomic mass is 16.2. The van der Waals surface area contributed by atoms with E-state index in [4.69, 9.17) is 5.84 Å². The van der Waals surface area contributed by atoms with Gasteiger partial charge >= 0.3 is 0 Å². The maximum Gasteiger partial charge on any atom is 0.255 e. The first-order chi connectivity index (χ1) is 8.24. The molecule has 1 aromatic carbocycles. The van der Waals surface area contributed by atoms with Gasteiger partial charge in [-0.1, -0.05) is 25.0 Å². The molecule has 0 atom stereocenters. The predicted molar refractivity (Wildman–Crippen MR) is 68.6 cm³/mol. The molecule has 1 amide bonds. The Bertz CT molecular complexity index is 399. The van der Waals surface area contributed by atoms with Crippen LogP contribution in [0.15, 0.2) is 24.3 Å². The van der Waals surface area contributed by atoms with E-state index in [1.807, 2.05) is 36.2 Å². The van der Waals surface area contributed by atoms with Gasteiger partial charge in [-0.2, -0.15) is 0 Å². The van der Waals surface area contributed by atoms with Gasteiger partial charge in [0, 0.05) is 13.1 Å². The summed E-state index contributed by atoms with van der Waals surface area (Å²) in [6, 6.07) is 7.73. The minimum absolute atomic E-state index is 0.0467. The Labute approximate surface area is 102 Å². The second-order valence-corrected chi connectivity index (χ2v) is 4.54. The number of anilines is 1. The van der Waals surface area contributed by atoms with Crippen LogP contribution in [0.25, 0.3) is 0 Å². The molecule has 92 valence electrons.